The number of hydrogen-bond acceptors (Lipinski definition) is 6. The third kappa shape index (κ3) is 3.39. The van der Waals surface area contributed by atoms with E-state index in [0.717, 1.165) is 6.54 Å². The zero-order valence-corrected chi connectivity index (χ0v) is 10.6. The molecule has 1 aliphatic heterocycles. The summed E-state index contributed by atoms with van der Waals surface area (Å²) in [5, 5.41) is 3.11. The second kappa shape index (κ2) is 5.95. The number of carbonyl (C=O) groups is 1. The molecule has 17 heavy (non-hydrogen) atoms. The van der Waals surface area contributed by atoms with Crippen LogP contribution in [0.4, 0.5) is 6.01 Å². The molecule has 1 atom stereocenters. The molecule has 0 aliphatic carbocycles. The molecule has 1 aromatic rings. The van der Waals surface area contributed by atoms with Crippen LogP contribution in [0.15, 0.2) is 10.7 Å². The average Bonchev–Trinajstić information content (AvgIpc) is 2.98. The highest BCUT2D eigenvalue weighted by atomic mass is 32.2. The van der Waals surface area contributed by atoms with Gasteiger partial charge in [0.1, 0.15) is 6.26 Å². The van der Waals surface area contributed by atoms with Crippen LogP contribution in [0.2, 0.25) is 0 Å². The lowest BCUT2D eigenvalue weighted by atomic mass is 10.1. The van der Waals surface area contributed by atoms with Crippen LogP contribution in [-0.2, 0) is 4.74 Å². The van der Waals surface area contributed by atoms with Crippen LogP contribution in [0.25, 0.3) is 0 Å². The van der Waals surface area contributed by atoms with Crippen molar-refractivity contribution >= 4 is 23.7 Å². The van der Waals surface area contributed by atoms with Crippen LogP contribution in [0.3, 0.4) is 0 Å². The lowest BCUT2D eigenvalue weighted by molar-refractivity contribution is 0.0519. The SMILES string of the molecule is CCOC(=O)c1coc(NCC2CCSC2)n1. The number of oxazole rings is 1. The van der Waals surface area contributed by atoms with Gasteiger partial charge >= 0.3 is 5.97 Å². The molecule has 1 fully saturated rings. The monoisotopic (exact) mass is 256 g/mol. The zero-order valence-electron chi connectivity index (χ0n) is 9.77. The fourth-order valence-electron chi connectivity index (χ4n) is 1.63. The number of thioether (sulfide) groups is 1. The number of ether oxygens (including phenoxy) is 1. The van der Waals surface area contributed by atoms with Crippen molar-refractivity contribution in [3.05, 3.63) is 12.0 Å². The summed E-state index contributed by atoms with van der Waals surface area (Å²) < 4.78 is 9.99. The minimum absolute atomic E-state index is 0.218. The summed E-state index contributed by atoms with van der Waals surface area (Å²) >= 11 is 1.97. The molecule has 1 unspecified atom stereocenters. The molecule has 0 aromatic carbocycles. The summed E-state index contributed by atoms with van der Waals surface area (Å²) in [6, 6.07) is 0.393. The Hall–Kier alpha value is -1.17. The topological polar surface area (TPSA) is 64.4 Å². The van der Waals surface area contributed by atoms with Crippen LogP contribution in [-0.4, -0.2) is 35.6 Å². The van der Waals surface area contributed by atoms with Crippen molar-refractivity contribution in [2.24, 2.45) is 5.92 Å². The van der Waals surface area contributed by atoms with E-state index in [9.17, 15) is 4.79 Å². The fraction of sp³-hybridized carbons (Fsp3) is 0.636. The lowest BCUT2D eigenvalue weighted by Gasteiger charge is -2.07. The number of nitrogens with one attached hydrogen (secondary N) is 1. The molecule has 1 N–H and O–H groups in total. The van der Waals surface area contributed by atoms with Crippen LogP contribution in [0.5, 0.6) is 0 Å². The van der Waals surface area contributed by atoms with E-state index in [1.807, 2.05) is 11.8 Å². The first-order valence-electron chi connectivity index (χ1n) is 5.74. The third-order valence-electron chi connectivity index (χ3n) is 2.55. The van der Waals surface area contributed by atoms with Crippen molar-refractivity contribution in [3.8, 4) is 0 Å². The normalized spacial score (nSPS) is 19.2. The van der Waals surface area contributed by atoms with Crippen molar-refractivity contribution in [2.45, 2.75) is 13.3 Å². The number of hydrogen-bond donors (Lipinski definition) is 1. The number of aromatic nitrogens is 1. The highest BCUT2D eigenvalue weighted by molar-refractivity contribution is 7.99. The second-order valence-corrected chi connectivity index (χ2v) is 5.02. The van der Waals surface area contributed by atoms with Crippen molar-refractivity contribution < 1.29 is 13.9 Å². The largest absolute Gasteiger partial charge is 0.461 e. The van der Waals surface area contributed by atoms with Gasteiger partial charge in [0.2, 0.25) is 0 Å². The minimum Gasteiger partial charge on any atom is -0.461 e. The van der Waals surface area contributed by atoms with Crippen LogP contribution < -0.4 is 5.32 Å². The molecule has 94 valence electrons. The first kappa shape index (κ1) is 12.3. The summed E-state index contributed by atoms with van der Waals surface area (Å²) in [4.78, 5) is 15.4. The highest BCUT2D eigenvalue weighted by Gasteiger charge is 2.17. The first-order chi connectivity index (χ1) is 8.29. The molecule has 2 rings (SSSR count). The maximum Gasteiger partial charge on any atom is 0.360 e. The van der Waals surface area contributed by atoms with Gasteiger partial charge in [0.25, 0.3) is 6.01 Å². The molecule has 0 bridgehead atoms. The van der Waals surface area contributed by atoms with Crippen LogP contribution in [0, 0.1) is 5.92 Å². The molecule has 0 saturated carbocycles. The van der Waals surface area contributed by atoms with E-state index in [-0.39, 0.29) is 5.69 Å². The van der Waals surface area contributed by atoms with E-state index in [1.54, 1.807) is 6.92 Å². The molecule has 1 aliphatic rings. The molecule has 5 nitrogen and oxygen atoms in total. The molecule has 0 radical (unpaired) electrons. The van der Waals surface area contributed by atoms with E-state index >= 15 is 0 Å². The van der Waals surface area contributed by atoms with E-state index in [0.29, 0.717) is 18.5 Å². The molecular weight excluding hydrogens is 240 g/mol. The van der Waals surface area contributed by atoms with Gasteiger partial charge in [0.15, 0.2) is 5.69 Å². The second-order valence-electron chi connectivity index (χ2n) is 3.87. The molecule has 6 heteroatoms. The van der Waals surface area contributed by atoms with Gasteiger partial charge in [0, 0.05) is 6.54 Å². The van der Waals surface area contributed by atoms with Gasteiger partial charge in [0.05, 0.1) is 6.61 Å². The maximum atomic E-state index is 11.3. The number of carbonyl (C=O) groups excluding carboxylic acids is 1. The first-order valence-corrected chi connectivity index (χ1v) is 6.89. The number of nitrogens with zero attached hydrogens (tertiary/aromatic N) is 1. The molecule has 1 aromatic heterocycles. The number of esters is 1. The summed E-state index contributed by atoms with van der Waals surface area (Å²) in [6.07, 6.45) is 2.55. The summed E-state index contributed by atoms with van der Waals surface area (Å²) in [5.74, 6) is 2.63. The molecule has 1 saturated heterocycles. The Bertz CT molecular complexity index is 375. The van der Waals surface area contributed by atoms with Gasteiger partial charge in [-0.3, -0.25) is 0 Å². The Morgan fingerprint density at radius 3 is 3.35 bits per heavy atom. The van der Waals surface area contributed by atoms with Gasteiger partial charge in [-0.15, -0.1) is 0 Å². The quantitative estimate of drug-likeness (QED) is 0.813. The third-order valence-corrected chi connectivity index (χ3v) is 3.79. The Morgan fingerprint density at radius 2 is 2.65 bits per heavy atom. The average molecular weight is 256 g/mol. The predicted octanol–water partition coefficient (Wildman–Crippen LogP) is 2.02. The van der Waals surface area contributed by atoms with Gasteiger partial charge in [-0.25, -0.2) is 4.79 Å². The Kier molecular flexibility index (Phi) is 4.30. The zero-order chi connectivity index (χ0) is 12.1. The van der Waals surface area contributed by atoms with Crippen molar-refractivity contribution in [1.29, 1.82) is 0 Å². The van der Waals surface area contributed by atoms with Crippen molar-refractivity contribution in [2.75, 3.05) is 30.0 Å². The smallest absolute Gasteiger partial charge is 0.360 e. The minimum atomic E-state index is -0.444. The summed E-state index contributed by atoms with van der Waals surface area (Å²) in [7, 11) is 0. The number of rotatable bonds is 5. The van der Waals surface area contributed by atoms with Crippen LogP contribution in [0.1, 0.15) is 23.8 Å². The van der Waals surface area contributed by atoms with Crippen LogP contribution >= 0.6 is 11.8 Å². The lowest BCUT2D eigenvalue weighted by Crippen LogP contribution is -2.13. The Labute approximate surface area is 104 Å². The maximum absolute atomic E-state index is 11.3. The van der Waals surface area contributed by atoms with Gasteiger partial charge in [-0.05, 0) is 30.8 Å². The molecule has 0 amide bonds. The van der Waals surface area contributed by atoms with E-state index in [4.69, 9.17) is 9.15 Å². The number of anilines is 1. The fourth-order valence-corrected chi connectivity index (χ4v) is 2.91. The standard InChI is InChI=1S/C11H16N2O3S/c1-2-15-10(14)9-6-16-11(13-9)12-5-8-3-4-17-7-8/h6,8H,2-5,7H2,1H3,(H,12,13). The molecular formula is C11H16N2O3S. The summed E-state index contributed by atoms with van der Waals surface area (Å²) in [6.45, 7) is 2.94. The van der Waals surface area contributed by atoms with Gasteiger partial charge in [-0.2, -0.15) is 16.7 Å². The summed E-state index contributed by atoms with van der Waals surface area (Å²) in [5.41, 5.74) is 0.218. The molecule has 0 spiro atoms. The van der Waals surface area contributed by atoms with E-state index < -0.39 is 5.97 Å². The van der Waals surface area contributed by atoms with Crippen molar-refractivity contribution in [1.82, 2.24) is 4.98 Å². The Balaban J connectivity index is 1.83. The highest BCUT2D eigenvalue weighted by Crippen LogP contribution is 2.23. The van der Waals surface area contributed by atoms with E-state index in [1.165, 1.54) is 24.2 Å². The van der Waals surface area contributed by atoms with Gasteiger partial charge in [-0.1, -0.05) is 0 Å². The molecule has 2 heterocycles. The predicted molar refractivity (Wildman–Crippen MR) is 66.4 cm³/mol. The van der Waals surface area contributed by atoms with E-state index in [2.05, 4.69) is 10.3 Å². The van der Waals surface area contributed by atoms with Gasteiger partial charge < -0.3 is 14.5 Å². The Morgan fingerprint density at radius 1 is 1.76 bits per heavy atom. The van der Waals surface area contributed by atoms with Crippen molar-refractivity contribution in [3.63, 3.8) is 0 Å².